The first-order valence-electron chi connectivity index (χ1n) is 7.26. The van der Waals surface area contributed by atoms with Crippen LogP contribution >= 0.6 is 0 Å². The predicted octanol–water partition coefficient (Wildman–Crippen LogP) is 2.18. The second-order valence-corrected chi connectivity index (χ2v) is 4.74. The third-order valence-electron chi connectivity index (χ3n) is 3.29. The number of ether oxygens (including phenoxy) is 1. The van der Waals surface area contributed by atoms with Gasteiger partial charge in [-0.25, -0.2) is 0 Å². The van der Waals surface area contributed by atoms with Gasteiger partial charge in [0.25, 0.3) is 0 Å². The molecule has 20 heavy (non-hydrogen) atoms. The van der Waals surface area contributed by atoms with Crippen LogP contribution in [0.3, 0.4) is 0 Å². The van der Waals surface area contributed by atoms with Crippen LogP contribution < -0.4 is 5.32 Å². The van der Waals surface area contributed by atoms with Crippen molar-refractivity contribution in [2.75, 3.05) is 26.7 Å². The van der Waals surface area contributed by atoms with E-state index in [0.29, 0.717) is 13.0 Å². The Morgan fingerprint density at radius 2 is 1.75 bits per heavy atom. The molecule has 0 aliphatic carbocycles. The van der Waals surface area contributed by atoms with Crippen molar-refractivity contribution >= 4 is 5.91 Å². The number of methoxy groups -OCH3 is 1. The van der Waals surface area contributed by atoms with E-state index >= 15 is 0 Å². The molecule has 0 aromatic heterocycles. The molecule has 0 heterocycles. The van der Waals surface area contributed by atoms with E-state index in [-0.39, 0.29) is 5.91 Å². The van der Waals surface area contributed by atoms with Crippen LogP contribution in [0.1, 0.15) is 31.4 Å². The number of hydrogen-bond donors (Lipinski definition) is 1. The highest BCUT2D eigenvalue weighted by molar-refractivity contribution is 5.76. The van der Waals surface area contributed by atoms with Crippen molar-refractivity contribution in [2.45, 2.75) is 33.4 Å². The van der Waals surface area contributed by atoms with E-state index in [1.807, 2.05) is 18.7 Å². The molecule has 1 amide bonds. The number of hydrogen-bond acceptors (Lipinski definition) is 3. The van der Waals surface area contributed by atoms with Gasteiger partial charge in [0.15, 0.2) is 0 Å². The monoisotopic (exact) mass is 278 g/mol. The highest BCUT2D eigenvalue weighted by atomic mass is 16.5. The zero-order valence-corrected chi connectivity index (χ0v) is 12.8. The van der Waals surface area contributed by atoms with Crippen molar-refractivity contribution in [3.05, 3.63) is 35.4 Å². The third kappa shape index (κ3) is 5.72. The standard InChI is InChI=1S/C16H26N2O2/c1-4-18(5-2)16(19)10-11-17-12-14-6-8-15(9-7-14)13-20-3/h6-9,17H,4-5,10-13H2,1-3H3. The van der Waals surface area contributed by atoms with Crippen molar-refractivity contribution in [3.8, 4) is 0 Å². The van der Waals surface area contributed by atoms with Gasteiger partial charge in [-0.05, 0) is 25.0 Å². The van der Waals surface area contributed by atoms with Gasteiger partial charge in [-0.15, -0.1) is 0 Å². The fourth-order valence-corrected chi connectivity index (χ4v) is 2.08. The number of amides is 1. The van der Waals surface area contributed by atoms with Gasteiger partial charge in [-0.1, -0.05) is 24.3 Å². The summed E-state index contributed by atoms with van der Waals surface area (Å²) in [6, 6.07) is 8.32. The molecule has 0 aliphatic rings. The number of nitrogens with one attached hydrogen (secondary N) is 1. The van der Waals surface area contributed by atoms with Crippen LogP contribution in [0.5, 0.6) is 0 Å². The Bertz CT molecular complexity index is 386. The van der Waals surface area contributed by atoms with E-state index in [0.717, 1.165) is 26.2 Å². The molecule has 0 radical (unpaired) electrons. The van der Waals surface area contributed by atoms with Crippen LogP contribution in [-0.2, 0) is 22.7 Å². The van der Waals surface area contributed by atoms with E-state index in [2.05, 4.69) is 29.6 Å². The molecule has 0 spiro atoms. The summed E-state index contributed by atoms with van der Waals surface area (Å²) in [6.07, 6.45) is 0.559. The van der Waals surface area contributed by atoms with E-state index in [4.69, 9.17) is 4.74 Å². The van der Waals surface area contributed by atoms with Gasteiger partial charge < -0.3 is 15.0 Å². The molecule has 0 fully saturated rings. The largest absolute Gasteiger partial charge is 0.380 e. The van der Waals surface area contributed by atoms with Gasteiger partial charge in [0, 0.05) is 39.7 Å². The van der Waals surface area contributed by atoms with Crippen molar-refractivity contribution in [2.24, 2.45) is 0 Å². The van der Waals surface area contributed by atoms with Crippen LogP contribution in [0.4, 0.5) is 0 Å². The van der Waals surface area contributed by atoms with E-state index < -0.39 is 0 Å². The Morgan fingerprint density at radius 1 is 1.15 bits per heavy atom. The Kier molecular flexibility index (Phi) is 7.92. The average molecular weight is 278 g/mol. The molecule has 1 aromatic carbocycles. The molecule has 1 N–H and O–H groups in total. The number of carbonyl (C=O) groups is 1. The topological polar surface area (TPSA) is 41.6 Å². The van der Waals surface area contributed by atoms with Gasteiger partial charge in [0.1, 0.15) is 0 Å². The second kappa shape index (κ2) is 9.50. The van der Waals surface area contributed by atoms with Crippen LogP contribution in [0.2, 0.25) is 0 Å². The first-order valence-corrected chi connectivity index (χ1v) is 7.26. The van der Waals surface area contributed by atoms with E-state index in [1.165, 1.54) is 11.1 Å². The molecule has 0 saturated heterocycles. The smallest absolute Gasteiger partial charge is 0.223 e. The fraction of sp³-hybridized carbons (Fsp3) is 0.562. The first-order chi connectivity index (χ1) is 9.71. The normalized spacial score (nSPS) is 10.6. The Labute approximate surface area is 122 Å². The fourth-order valence-electron chi connectivity index (χ4n) is 2.08. The molecule has 0 saturated carbocycles. The molecule has 0 unspecified atom stereocenters. The van der Waals surface area contributed by atoms with Crippen LogP contribution in [-0.4, -0.2) is 37.6 Å². The highest BCUT2D eigenvalue weighted by Gasteiger charge is 2.08. The Morgan fingerprint density at radius 3 is 2.30 bits per heavy atom. The molecule has 1 aromatic rings. The SMILES string of the molecule is CCN(CC)C(=O)CCNCc1ccc(COC)cc1. The molecular formula is C16H26N2O2. The maximum Gasteiger partial charge on any atom is 0.223 e. The third-order valence-corrected chi connectivity index (χ3v) is 3.29. The van der Waals surface area contributed by atoms with E-state index in [1.54, 1.807) is 7.11 Å². The second-order valence-electron chi connectivity index (χ2n) is 4.74. The quantitative estimate of drug-likeness (QED) is 0.704. The molecule has 4 heteroatoms. The van der Waals surface area contributed by atoms with Gasteiger partial charge in [0.2, 0.25) is 5.91 Å². The molecular weight excluding hydrogens is 252 g/mol. The lowest BCUT2D eigenvalue weighted by molar-refractivity contribution is -0.130. The molecule has 4 nitrogen and oxygen atoms in total. The summed E-state index contributed by atoms with van der Waals surface area (Å²) in [6.45, 7) is 7.75. The van der Waals surface area contributed by atoms with Crippen molar-refractivity contribution < 1.29 is 9.53 Å². The molecule has 1 rings (SSSR count). The molecule has 0 aliphatic heterocycles. The summed E-state index contributed by atoms with van der Waals surface area (Å²) >= 11 is 0. The maximum absolute atomic E-state index is 11.8. The van der Waals surface area contributed by atoms with Crippen molar-refractivity contribution in [1.29, 1.82) is 0 Å². The zero-order valence-electron chi connectivity index (χ0n) is 12.8. The summed E-state index contributed by atoms with van der Waals surface area (Å²) in [5.74, 6) is 0.220. The predicted molar refractivity (Wildman–Crippen MR) is 81.4 cm³/mol. The molecule has 0 atom stereocenters. The van der Waals surface area contributed by atoms with Crippen LogP contribution in [0.15, 0.2) is 24.3 Å². The Hall–Kier alpha value is -1.39. The lowest BCUT2D eigenvalue weighted by atomic mass is 10.1. The van der Waals surface area contributed by atoms with Crippen molar-refractivity contribution in [1.82, 2.24) is 10.2 Å². The van der Waals surface area contributed by atoms with Gasteiger partial charge in [0.05, 0.1) is 6.61 Å². The Balaban J connectivity index is 2.25. The number of benzene rings is 1. The number of nitrogens with zero attached hydrogens (tertiary/aromatic N) is 1. The molecule has 0 bridgehead atoms. The van der Waals surface area contributed by atoms with E-state index in [9.17, 15) is 4.79 Å². The highest BCUT2D eigenvalue weighted by Crippen LogP contribution is 2.05. The minimum Gasteiger partial charge on any atom is -0.380 e. The minimum absolute atomic E-state index is 0.220. The summed E-state index contributed by atoms with van der Waals surface area (Å²) < 4.78 is 5.08. The van der Waals surface area contributed by atoms with Crippen molar-refractivity contribution in [3.63, 3.8) is 0 Å². The van der Waals surface area contributed by atoms with Crippen LogP contribution in [0.25, 0.3) is 0 Å². The van der Waals surface area contributed by atoms with Gasteiger partial charge >= 0.3 is 0 Å². The molecule has 112 valence electrons. The average Bonchev–Trinajstić information content (AvgIpc) is 2.47. The summed E-state index contributed by atoms with van der Waals surface area (Å²) in [4.78, 5) is 13.7. The lowest BCUT2D eigenvalue weighted by Gasteiger charge is -2.18. The lowest BCUT2D eigenvalue weighted by Crippen LogP contribution is -2.32. The van der Waals surface area contributed by atoms with Gasteiger partial charge in [-0.2, -0.15) is 0 Å². The zero-order chi connectivity index (χ0) is 14.8. The summed E-state index contributed by atoms with van der Waals surface area (Å²) in [7, 11) is 1.70. The first kappa shape index (κ1) is 16.7. The van der Waals surface area contributed by atoms with Gasteiger partial charge in [-0.3, -0.25) is 4.79 Å². The summed E-state index contributed by atoms with van der Waals surface area (Å²) in [5.41, 5.74) is 2.40. The number of carbonyl (C=O) groups excluding carboxylic acids is 1. The maximum atomic E-state index is 11.8. The minimum atomic E-state index is 0.220. The number of rotatable bonds is 9. The van der Waals surface area contributed by atoms with Crippen LogP contribution in [0, 0.1) is 0 Å². The summed E-state index contributed by atoms with van der Waals surface area (Å²) in [5, 5.41) is 3.31.